The van der Waals surface area contributed by atoms with Gasteiger partial charge in [0.1, 0.15) is 0 Å². The molecule has 24 heavy (non-hydrogen) atoms. The Morgan fingerprint density at radius 1 is 1.12 bits per heavy atom. The van der Waals surface area contributed by atoms with E-state index in [9.17, 15) is 9.59 Å². The molecule has 2 aromatic rings. The summed E-state index contributed by atoms with van der Waals surface area (Å²) in [7, 11) is 0. The van der Waals surface area contributed by atoms with Gasteiger partial charge in [-0.25, -0.2) is 0 Å². The molecule has 0 saturated carbocycles. The molecule has 1 saturated heterocycles. The maximum Gasteiger partial charge on any atom is 0.254 e. The number of rotatable bonds is 3. The minimum Gasteiger partial charge on any atom is -0.354 e. The number of benzene rings is 2. The Kier molecular flexibility index (Phi) is 4.91. The first-order valence-corrected chi connectivity index (χ1v) is 8.10. The molecule has 1 atom stereocenters. The topological polar surface area (TPSA) is 75.4 Å². The summed E-state index contributed by atoms with van der Waals surface area (Å²) < 4.78 is 0. The lowest BCUT2D eigenvalue weighted by molar-refractivity contribution is -0.121. The summed E-state index contributed by atoms with van der Waals surface area (Å²) in [5.74, 6) is -0.0958. The number of carbonyl (C=O) groups is 2. The van der Waals surface area contributed by atoms with Crippen LogP contribution in [-0.2, 0) is 11.3 Å². The molecule has 3 rings (SSSR count). The number of amides is 2. The van der Waals surface area contributed by atoms with Crippen molar-refractivity contribution < 1.29 is 9.59 Å². The monoisotopic (exact) mass is 323 g/mol. The van der Waals surface area contributed by atoms with Crippen molar-refractivity contribution in [3.05, 3.63) is 71.3 Å². The standard InChI is InChI=1S/C19H21N3O2/c20-13-14-6-8-16(9-7-14)19(24)22-11-10-21-18(23)12-17(22)15-4-2-1-3-5-15/h1-9,17H,10-13,20H2,(H,21,23). The number of nitrogens with two attached hydrogens (primary N) is 1. The molecule has 1 aliphatic heterocycles. The lowest BCUT2D eigenvalue weighted by Gasteiger charge is -2.29. The van der Waals surface area contributed by atoms with Crippen molar-refractivity contribution in [2.45, 2.75) is 19.0 Å². The summed E-state index contributed by atoms with van der Waals surface area (Å²) in [6, 6.07) is 16.8. The second-order valence-corrected chi connectivity index (χ2v) is 5.88. The molecule has 1 unspecified atom stereocenters. The lowest BCUT2D eigenvalue weighted by Crippen LogP contribution is -2.36. The number of nitrogens with zero attached hydrogens (tertiary/aromatic N) is 1. The van der Waals surface area contributed by atoms with Crippen LogP contribution in [0.25, 0.3) is 0 Å². The fourth-order valence-corrected chi connectivity index (χ4v) is 2.99. The van der Waals surface area contributed by atoms with Gasteiger partial charge in [-0.2, -0.15) is 0 Å². The molecule has 0 spiro atoms. The Morgan fingerprint density at radius 2 is 1.83 bits per heavy atom. The molecule has 0 aromatic heterocycles. The van der Waals surface area contributed by atoms with E-state index in [1.807, 2.05) is 42.5 Å². The number of nitrogens with one attached hydrogen (secondary N) is 1. The highest BCUT2D eigenvalue weighted by atomic mass is 16.2. The first-order valence-electron chi connectivity index (χ1n) is 8.10. The Hall–Kier alpha value is -2.66. The van der Waals surface area contributed by atoms with Gasteiger partial charge in [0.25, 0.3) is 5.91 Å². The van der Waals surface area contributed by atoms with E-state index >= 15 is 0 Å². The van der Waals surface area contributed by atoms with Crippen molar-refractivity contribution in [2.75, 3.05) is 13.1 Å². The van der Waals surface area contributed by atoms with Crippen LogP contribution in [0.2, 0.25) is 0 Å². The maximum atomic E-state index is 13.0. The zero-order valence-corrected chi connectivity index (χ0v) is 13.4. The van der Waals surface area contributed by atoms with E-state index in [0.29, 0.717) is 25.2 Å². The lowest BCUT2D eigenvalue weighted by atomic mass is 10.0. The van der Waals surface area contributed by atoms with Crippen molar-refractivity contribution in [3.63, 3.8) is 0 Å². The first kappa shape index (κ1) is 16.2. The normalized spacial score (nSPS) is 18.0. The zero-order valence-electron chi connectivity index (χ0n) is 13.4. The van der Waals surface area contributed by atoms with Gasteiger partial charge in [0.05, 0.1) is 12.5 Å². The fraction of sp³-hybridized carbons (Fsp3) is 0.263. The summed E-state index contributed by atoms with van der Waals surface area (Å²) in [5, 5.41) is 2.85. The Morgan fingerprint density at radius 3 is 2.50 bits per heavy atom. The predicted molar refractivity (Wildman–Crippen MR) is 92.2 cm³/mol. The molecular formula is C19H21N3O2. The van der Waals surface area contributed by atoms with E-state index in [0.717, 1.165) is 11.1 Å². The molecule has 2 aromatic carbocycles. The summed E-state index contributed by atoms with van der Waals surface area (Å²) >= 11 is 0. The first-order chi connectivity index (χ1) is 11.7. The van der Waals surface area contributed by atoms with E-state index in [1.165, 1.54) is 0 Å². The van der Waals surface area contributed by atoms with E-state index < -0.39 is 0 Å². The van der Waals surface area contributed by atoms with Crippen LogP contribution in [0.5, 0.6) is 0 Å². The van der Waals surface area contributed by atoms with Crippen molar-refractivity contribution in [3.8, 4) is 0 Å². The van der Waals surface area contributed by atoms with Crippen LogP contribution >= 0.6 is 0 Å². The highest BCUT2D eigenvalue weighted by Gasteiger charge is 2.30. The molecule has 5 nitrogen and oxygen atoms in total. The van der Waals surface area contributed by atoms with Gasteiger partial charge in [-0.3, -0.25) is 9.59 Å². The summed E-state index contributed by atoms with van der Waals surface area (Å²) in [5.41, 5.74) is 8.18. The Balaban J connectivity index is 1.91. The highest BCUT2D eigenvalue weighted by molar-refractivity contribution is 5.95. The zero-order chi connectivity index (χ0) is 16.9. The Bertz CT molecular complexity index is 713. The van der Waals surface area contributed by atoms with Gasteiger partial charge in [0, 0.05) is 25.2 Å². The third-order valence-electron chi connectivity index (χ3n) is 4.31. The maximum absolute atomic E-state index is 13.0. The van der Waals surface area contributed by atoms with E-state index in [-0.39, 0.29) is 24.3 Å². The van der Waals surface area contributed by atoms with E-state index in [2.05, 4.69) is 5.32 Å². The summed E-state index contributed by atoms with van der Waals surface area (Å²) in [4.78, 5) is 26.8. The molecule has 0 aliphatic carbocycles. The van der Waals surface area contributed by atoms with Gasteiger partial charge < -0.3 is 16.0 Å². The molecule has 1 aliphatic rings. The third kappa shape index (κ3) is 3.46. The minimum atomic E-state index is -0.254. The SMILES string of the molecule is NCc1ccc(C(=O)N2CCNC(=O)CC2c2ccccc2)cc1. The van der Waals surface area contributed by atoms with Crippen molar-refractivity contribution >= 4 is 11.8 Å². The predicted octanol–water partition coefficient (Wildman–Crippen LogP) is 1.85. The van der Waals surface area contributed by atoms with Crippen molar-refractivity contribution in [1.29, 1.82) is 0 Å². The van der Waals surface area contributed by atoms with Crippen LogP contribution in [0.4, 0.5) is 0 Å². The van der Waals surface area contributed by atoms with Crippen LogP contribution in [0, 0.1) is 0 Å². The van der Waals surface area contributed by atoms with Crippen LogP contribution in [0.15, 0.2) is 54.6 Å². The molecule has 1 heterocycles. The third-order valence-corrected chi connectivity index (χ3v) is 4.31. The van der Waals surface area contributed by atoms with Crippen molar-refractivity contribution in [1.82, 2.24) is 10.2 Å². The largest absolute Gasteiger partial charge is 0.354 e. The van der Waals surface area contributed by atoms with Crippen LogP contribution in [-0.4, -0.2) is 29.8 Å². The average Bonchev–Trinajstić information content (AvgIpc) is 2.83. The van der Waals surface area contributed by atoms with Crippen LogP contribution < -0.4 is 11.1 Å². The van der Waals surface area contributed by atoms with Gasteiger partial charge in [0.15, 0.2) is 0 Å². The van der Waals surface area contributed by atoms with Gasteiger partial charge in [-0.05, 0) is 23.3 Å². The van der Waals surface area contributed by atoms with Gasteiger partial charge >= 0.3 is 0 Å². The number of hydrogen-bond donors (Lipinski definition) is 2. The molecule has 0 bridgehead atoms. The van der Waals surface area contributed by atoms with Gasteiger partial charge in [-0.1, -0.05) is 42.5 Å². The molecular weight excluding hydrogens is 302 g/mol. The Labute approximate surface area is 141 Å². The minimum absolute atomic E-state index is 0.0300. The fourth-order valence-electron chi connectivity index (χ4n) is 2.99. The molecule has 3 N–H and O–H groups in total. The van der Waals surface area contributed by atoms with E-state index in [1.54, 1.807) is 17.0 Å². The average molecular weight is 323 g/mol. The molecule has 1 fully saturated rings. The molecule has 2 amide bonds. The van der Waals surface area contributed by atoms with Crippen molar-refractivity contribution in [2.24, 2.45) is 5.73 Å². The van der Waals surface area contributed by atoms with Crippen LogP contribution in [0.1, 0.15) is 33.9 Å². The quantitative estimate of drug-likeness (QED) is 0.905. The second-order valence-electron chi connectivity index (χ2n) is 5.88. The van der Waals surface area contributed by atoms with E-state index in [4.69, 9.17) is 5.73 Å². The van der Waals surface area contributed by atoms with Gasteiger partial charge in [-0.15, -0.1) is 0 Å². The molecule has 0 radical (unpaired) electrons. The smallest absolute Gasteiger partial charge is 0.254 e. The summed E-state index contributed by atoms with van der Waals surface area (Å²) in [6.45, 7) is 1.40. The molecule has 5 heteroatoms. The summed E-state index contributed by atoms with van der Waals surface area (Å²) in [6.07, 6.45) is 0.274. The van der Waals surface area contributed by atoms with Crippen LogP contribution in [0.3, 0.4) is 0 Å². The highest BCUT2D eigenvalue weighted by Crippen LogP contribution is 2.27. The van der Waals surface area contributed by atoms with Gasteiger partial charge in [0.2, 0.25) is 5.91 Å². The molecule has 124 valence electrons. The number of hydrogen-bond acceptors (Lipinski definition) is 3. The second kappa shape index (κ2) is 7.27. The number of carbonyl (C=O) groups excluding carboxylic acids is 2.